The second-order valence-electron chi connectivity index (χ2n) is 7.78. The van der Waals surface area contributed by atoms with Crippen molar-refractivity contribution in [3.05, 3.63) is 0 Å². The van der Waals surface area contributed by atoms with Crippen molar-refractivity contribution in [2.24, 2.45) is 10.8 Å². The van der Waals surface area contributed by atoms with Gasteiger partial charge in [0.05, 0.1) is 30.7 Å². The van der Waals surface area contributed by atoms with Gasteiger partial charge in [0, 0.05) is 0 Å². The van der Waals surface area contributed by atoms with Gasteiger partial charge in [-0.25, -0.2) is 0 Å². The summed E-state index contributed by atoms with van der Waals surface area (Å²) in [6, 6.07) is 0. The van der Waals surface area contributed by atoms with Crippen molar-refractivity contribution in [1.29, 1.82) is 0 Å². The fourth-order valence-electron chi connectivity index (χ4n) is 4.29. The lowest BCUT2D eigenvalue weighted by atomic mass is 9.73. The molecule has 0 spiro atoms. The van der Waals surface area contributed by atoms with E-state index in [0.717, 1.165) is 19.3 Å². The Labute approximate surface area is 146 Å². The number of hydrogen-bond acceptors (Lipinski definition) is 5. The molecule has 0 unspecified atom stereocenters. The lowest BCUT2D eigenvalue weighted by molar-refractivity contribution is -0.167. The summed E-state index contributed by atoms with van der Waals surface area (Å²) in [4.78, 5) is 24.6. The second kappa shape index (κ2) is 8.32. The predicted octanol–water partition coefficient (Wildman–Crippen LogP) is 3.62. The zero-order valence-electron chi connectivity index (χ0n) is 15.9. The van der Waals surface area contributed by atoms with E-state index < -0.39 is 22.4 Å². The van der Waals surface area contributed by atoms with Gasteiger partial charge in [-0.05, 0) is 33.1 Å². The summed E-state index contributed by atoms with van der Waals surface area (Å²) in [5, 5.41) is 11.3. The number of hydrogen-bond donors (Lipinski definition) is 1. The van der Waals surface area contributed by atoms with Gasteiger partial charge < -0.3 is 14.6 Å². The van der Waals surface area contributed by atoms with E-state index in [0.29, 0.717) is 6.42 Å². The summed E-state index contributed by atoms with van der Waals surface area (Å²) in [6.45, 7) is 5.65. The van der Waals surface area contributed by atoms with E-state index >= 15 is 0 Å². The maximum Gasteiger partial charge on any atom is 0.314 e. The molecule has 5 nitrogen and oxygen atoms in total. The van der Waals surface area contributed by atoms with Crippen molar-refractivity contribution in [1.82, 2.24) is 0 Å². The lowest BCUT2D eigenvalue weighted by Crippen LogP contribution is -2.47. The molecule has 1 rings (SSSR count). The summed E-state index contributed by atoms with van der Waals surface area (Å²) in [6.07, 6.45) is 7.58. The normalized spacial score (nSPS) is 32.6. The largest absolute Gasteiger partial charge is 0.469 e. The van der Waals surface area contributed by atoms with E-state index in [2.05, 4.69) is 6.92 Å². The highest BCUT2D eigenvalue weighted by molar-refractivity contribution is 5.83. The third-order valence-corrected chi connectivity index (χ3v) is 5.71. The van der Waals surface area contributed by atoms with Crippen LogP contribution in [0.2, 0.25) is 0 Å². The Bertz CT molecular complexity index is 449. The van der Waals surface area contributed by atoms with Crippen LogP contribution in [0.3, 0.4) is 0 Å². The average Bonchev–Trinajstić information content (AvgIpc) is 2.77. The number of carbonyl (C=O) groups excluding carboxylic acids is 2. The molecule has 3 atom stereocenters. The third kappa shape index (κ3) is 4.11. The molecular weight excluding hydrogens is 308 g/mol. The highest BCUT2D eigenvalue weighted by Gasteiger charge is 2.65. The Morgan fingerprint density at radius 1 is 0.917 bits per heavy atom. The standard InChI is InChI=1S/C19H34O5/c1-6-7-8-9-10-11-12-19(22)14-17(2,15(20)23-4)13-18(19,3)16(21)24-5/h22H,6-14H2,1-5H3/t17-,18-,19-/m0/s1. The minimum Gasteiger partial charge on any atom is -0.469 e. The summed E-state index contributed by atoms with van der Waals surface area (Å²) in [5.74, 6) is -0.833. The monoisotopic (exact) mass is 342 g/mol. The Morgan fingerprint density at radius 3 is 2.00 bits per heavy atom. The van der Waals surface area contributed by atoms with Gasteiger partial charge in [0.2, 0.25) is 0 Å². The summed E-state index contributed by atoms with van der Waals surface area (Å²) in [5.41, 5.74) is -3.20. The first-order chi connectivity index (χ1) is 11.2. The number of ether oxygens (including phenoxy) is 2. The molecule has 0 aromatic carbocycles. The molecule has 0 radical (unpaired) electrons. The smallest absolute Gasteiger partial charge is 0.314 e. The van der Waals surface area contributed by atoms with Crippen LogP contribution in [0.25, 0.3) is 0 Å². The van der Waals surface area contributed by atoms with Crippen LogP contribution in [0.5, 0.6) is 0 Å². The molecule has 24 heavy (non-hydrogen) atoms. The zero-order chi connectivity index (χ0) is 18.4. The number of unbranched alkanes of at least 4 members (excludes halogenated alkanes) is 5. The molecule has 0 aromatic rings. The van der Waals surface area contributed by atoms with Gasteiger partial charge in [-0.3, -0.25) is 9.59 Å². The van der Waals surface area contributed by atoms with E-state index in [9.17, 15) is 14.7 Å². The van der Waals surface area contributed by atoms with Crippen molar-refractivity contribution in [3.8, 4) is 0 Å². The van der Waals surface area contributed by atoms with Gasteiger partial charge in [0.25, 0.3) is 0 Å². The van der Waals surface area contributed by atoms with Gasteiger partial charge >= 0.3 is 11.9 Å². The maximum atomic E-state index is 12.4. The van der Waals surface area contributed by atoms with Gasteiger partial charge in [-0.15, -0.1) is 0 Å². The molecule has 0 aromatic heterocycles. The first kappa shape index (κ1) is 20.9. The molecule has 1 aliphatic rings. The van der Waals surface area contributed by atoms with Gasteiger partial charge in [-0.1, -0.05) is 45.4 Å². The van der Waals surface area contributed by atoms with E-state index in [1.165, 1.54) is 33.5 Å². The van der Waals surface area contributed by atoms with Gasteiger partial charge in [0.1, 0.15) is 0 Å². The van der Waals surface area contributed by atoms with Crippen LogP contribution in [0.15, 0.2) is 0 Å². The predicted molar refractivity (Wildman–Crippen MR) is 92.4 cm³/mol. The number of aliphatic hydroxyl groups is 1. The van der Waals surface area contributed by atoms with Crippen LogP contribution in [0.1, 0.15) is 78.6 Å². The topological polar surface area (TPSA) is 72.8 Å². The fourth-order valence-corrected chi connectivity index (χ4v) is 4.29. The van der Waals surface area contributed by atoms with Gasteiger partial charge in [-0.2, -0.15) is 0 Å². The van der Waals surface area contributed by atoms with E-state index in [1.807, 2.05) is 0 Å². The molecule has 1 saturated carbocycles. The Morgan fingerprint density at radius 2 is 1.46 bits per heavy atom. The van der Waals surface area contributed by atoms with Crippen LogP contribution in [0, 0.1) is 10.8 Å². The molecule has 0 heterocycles. The first-order valence-corrected chi connectivity index (χ1v) is 9.08. The molecule has 0 aliphatic heterocycles. The van der Waals surface area contributed by atoms with Crippen molar-refractivity contribution < 1.29 is 24.2 Å². The van der Waals surface area contributed by atoms with Crippen molar-refractivity contribution in [2.45, 2.75) is 84.2 Å². The Hall–Kier alpha value is -1.10. The van der Waals surface area contributed by atoms with Crippen LogP contribution in [-0.4, -0.2) is 36.9 Å². The number of esters is 2. The Kier molecular flexibility index (Phi) is 7.26. The molecule has 1 aliphatic carbocycles. The summed E-state index contributed by atoms with van der Waals surface area (Å²) >= 11 is 0. The quantitative estimate of drug-likeness (QED) is 0.512. The molecular formula is C19H34O5. The highest BCUT2D eigenvalue weighted by Crippen LogP contribution is 2.58. The first-order valence-electron chi connectivity index (χ1n) is 9.08. The van der Waals surface area contributed by atoms with Crippen molar-refractivity contribution in [2.75, 3.05) is 14.2 Å². The average molecular weight is 342 g/mol. The number of rotatable bonds is 9. The fraction of sp³-hybridized carbons (Fsp3) is 0.895. The molecule has 5 heteroatoms. The number of carbonyl (C=O) groups is 2. The van der Waals surface area contributed by atoms with Crippen LogP contribution >= 0.6 is 0 Å². The second-order valence-corrected chi connectivity index (χ2v) is 7.78. The Balaban J connectivity index is 2.86. The number of methoxy groups -OCH3 is 2. The van der Waals surface area contributed by atoms with E-state index in [1.54, 1.807) is 13.8 Å². The van der Waals surface area contributed by atoms with Crippen LogP contribution in [0.4, 0.5) is 0 Å². The van der Waals surface area contributed by atoms with Crippen molar-refractivity contribution >= 4 is 11.9 Å². The SMILES string of the molecule is CCCCCCCC[C@]1(O)C[C@@](C)(C(=O)OC)C[C@@]1(C)C(=O)OC. The molecule has 0 amide bonds. The van der Waals surface area contributed by atoms with Crippen LogP contribution < -0.4 is 0 Å². The lowest BCUT2D eigenvalue weighted by Gasteiger charge is -2.37. The molecule has 0 bridgehead atoms. The molecule has 0 saturated heterocycles. The third-order valence-electron chi connectivity index (χ3n) is 5.71. The molecule has 140 valence electrons. The summed E-state index contributed by atoms with van der Waals surface area (Å²) < 4.78 is 9.85. The minimum absolute atomic E-state index is 0.229. The maximum absolute atomic E-state index is 12.4. The highest BCUT2D eigenvalue weighted by atomic mass is 16.5. The summed E-state index contributed by atoms with van der Waals surface area (Å²) in [7, 11) is 2.67. The minimum atomic E-state index is -1.24. The van der Waals surface area contributed by atoms with Crippen molar-refractivity contribution in [3.63, 3.8) is 0 Å². The van der Waals surface area contributed by atoms with Gasteiger partial charge in [0.15, 0.2) is 0 Å². The molecule has 1 N–H and O–H groups in total. The van der Waals surface area contributed by atoms with Crippen LogP contribution in [-0.2, 0) is 19.1 Å². The van der Waals surface area contributed by atoms with E-state index in [-0.39, 0.29) is 18.8 Å². The van der Waals surface area contributed by atoms with E-state index in [4.69, 9.17) is 9.47 Å². The zero-order valence-corrected chi connectivity index (χ0v) is 15.9. The molecule has 1 fully saturated rings.